The fourth-order valence-electron chi connectivity index (χ4n) is 2.42. The maximum Gasteiger partial charge on any atom is 0.256 e. The maximum atomic E-state index is 12.6. The minimum Gasteiger partial charge on any atom is -0.367 e. The summed E-state index contributed by atoms with van der Waals surface area (Å²) in [6, 6.07) is 9.12. The summed E-state index contributed by atoms with van der Waals surface area (Å²) >= 11 is 3.28. The predicted molar refractivity (Wildman–Crippen MR) is 85.0 cm³/mol. The van der Waals surface area contributed by atoms with E-state index >= 15 is 0 Å². The zero-order chi connectivity index (χ0) is 14.8. The summed E-state index contributed by atoms with van der Waals surface area (Å²) in [7, 11) is 6.06. The molecule has 1 atom stereocenters. The third-order valence-electron chi connectivity index (χ3n) is 3.57. The number of carbonyl (C=O) groups excluding carboxylic acids is 1. The van der Waals surface area contributed by atoms with Crippen molar-refractivity contribution in [1.82, 2.24) is 0 Å². The van der Waals surface area contributed by atoms with E-state index in [9.17, 15) is 9.90 Å². The van der Waals surface area contributed by atoms with Gasteiger partial charge in [0.05, 0.1) is 5.33 Å². The molecular weight excluding hydrogens is 317 g/mol. The van der Waals surface area contributed by atoms with Crippen LogP contribution in [0, 0.1) is 0 Å². The fourth-order valence-corrected chi connectivity index (χ4v) is 2.97. The van der Waals surface area contributed by atoms with Gasteiger partial charge in [-0.05, 0) is 25.0 Å². The second kappa shape index (κ2) is 6.14. The Morgan fingerprint density at radius 2 is 2.00 bits per heavy atom. The van der Waals surface area contributed by atoms with Crippen LogP contribution < -0.4 is 4.90 Å². The number of nitrogens with zero attached hydrogens (tertiary/aromatic N) is 1. The summed E-state index contributed by atoms with van der Waals surface area (Å²) < 4.78 is 0. The Morgan fingerprint density at radius 1 is 1.35 bits per heavy atom. The van der Waals surface area contributed by atoms with Crippen LogP contribution in [-0.2, 0) is 4.79 Å². The number of anilines is 1. The van der Waals surface area contributed by atoms with E-state index in [0.29, 0.717) is 17.7 Å². The van der Waals surface area contributed by atoms with Gasteiger partial charge in [0.1, 0.15) is 7.85 Å². The number of unbranched alkanes of at least 4 members (excludes halogenated alkanes) is 1. The van der Waals surface area contributed by atoms with Gasteiger partial charge in [-0.2, -0.15) is 0 Å². The molecule has 104 valence electrons. The number of hydrogen-bond donors (Lipinski definition) is 1. The minimum absolute atomic E-state index is 0.183. The molecule has 1 aliphatic rings. The smallest absolute Gasteiger partial charge is 0.256 e. The molecule has 1 aromatic rings. The minimum atomic E-state index is -1.48. The van der Waals surface area contributed by atoms with Gasteiger partial charge in [-0.1, -0.05) is 52.9 Å². The quantitative estimate of drug-likeness (QED) is 0.665. The molecule has 2 radical (unpaired) electrons. The fraction of sp³-hybridized carbons (Fsp3) is 0.400. The van der Waals surface area contributed by atoms with Crippen LogP contribution >= 0.6 is 15.9 Å². The topological polar surface area (TPSA) is 40.5 Å². The van der Waals surface area contributed by atoms with Gasteiger partial charge in [0, 0.05) is 11.3 Å². The molecule has 1 aliphatic heterocycles. The molecule has 20 heavy (non-hydrogen) atoms. The van der Waals surface area contributed by atoms with Crippen molar-refractivity contribution in [2.45, 2.75) is 31.9 Å². The van der Waals surface area contributed by atoms with E-state index in [-0.39, 0.29) is 16.7 Å². The van der Waals surface area contributed by atoms with Gasteiger partial charge in [-0.3, -0.25) is 9.69 Å². The number of hydrogen-bond acceptors (Lipinski definition) is 2. The van der Waals surface area contributed by atoms with Crippen molar-refractivity contribution in [3.05, 3.63) is 41.4 Å². The van der Waals surface area contributed by atoms with Crippen molar-refractivity contribution in [3.8, 4) is 0 Å². The normalized spacial score (nSPS) is 22.8. The molecule has 1 unspecified atom stereocenters. The zero-order valence-corrected chi connectivity index (χ0v) is 13.1. The number of amides is 1. The molecule has 0 aliphatic carbocycles. The summed E-state index contributed by atoms with van der Waals surface area (Å²) in [5, 5.41) is 11.0. The highest BCUT2D eigenvalue weighted by Gasteiger charge is 2.47. The molecule has 0 saturated carbocycles. The van der Waals surface area contributed by atoms with Crippen LogP contribution in [0.5, 0.6) is 0 Å². The highest BCUT2D eigenvalue weighted by molar-refractivity contribution is 9.09. The highest BCUT2D eigenvalue weighted by Crippen LogP contribution is 2.38. The lowest BCUT2D eigenvalue weighted by Crippen LogP contribution is -2.50. The largest absolute Gasteiger partial charge is 0.367 e. The monoisotopic (exact) mass is 333 g/mol. The van der Waals surface area contributed by atoms with E-state index < -0.39 is 5.72 Å². The summed E-state index contributed by atoms with van der Waals surface area (Å²) in [6.45, 7) is 2.06. The Morgan fingerprint density at radius 3 is 2.55 bits per heavy atom. The third kappa shape index (κ3) is 2.45. The van der Waals surface area contributed by atoms with Gasteiger partial charge in [0.2, 0.25) is 0 Å². The molecule has 0 saturated heterocycles. The Kier molecular flexibility index (Phi) is 4.71. The lowest BCUT2D eigenvalue weighted by atomic mass is 9.83. The van der Waals surface area contributed by atoms with Crippen molar-refractivity contribution >= 4 is 35.4 Å². The number of para-hydroxylation sites is 1. The molecule has 1 heterocycles. The molecule has 1 amide bonds. The van der Waals surface area contributed by atoms with E-state index in [1.807, 2.05) is 18.2 Å². The van der Waals surface area contributed by atoms with E-state index in [1.54, 1.807) is 12.1 Å². The standard InChI is InChI=1S/C15H17BBrNO2/c1-2-3-9-12-13(16)15(20,10-17)18(14(12)19)11-7-5-4-6-8-11/h4-8,20H,2-3,9-10H2,1H3. The molecule has 0 aromatic heterocycles. The molecule has 0 bridgehead atoms. The highest BCUT2D eigenvalue weighted by atomic mass is 79.9. The Hall–Kier alpha value is -1.07. The third-order valence-corrected chi connectivity index (χ3v) is 4.35. The van der Waals surface area contributed by atoms with Gasteiger partial charge < -0.3 is 5.11 Å². The molecule has 3 nitrogen and oxygen atoms in total. The summed E-state index contributed by atoms with van der Waals surface area (Å²) in [6.07, 6.45) is 2.45. The molecule has 1 N–H and O–H groups in total. The van der Waals surface area contributed by atoms with Gasteiger partial charge in [-0.15, -0.1) is 0 Å². The molecule has 5 heteroatoms. The van der Waals surface area contributed by atoms with E-state index in [0.717, 1.165) is 12.8 Å². The van der Waals surface area contributed by atoms with Crippen molar-refractivity contribution in [2.75, 3.05) is 10.2 Å². The van der Waals surface area contributed by atoms with Crippen LogP contribution in [0.3, 0.4) is 0 Å². The number of carbonyl (C=O) groups is 1. The van der Waals surface area contributed by atoms with Crippen LogP contribution in [0.2, 0.25) is 0 Å². The molecule has 0 fully saturated rings. The van der Waals surface area contributed by atoms with Crippen molar-refractivity contribution in [3.63, 3.8) is 0 Å². The summed E-state index contributed by atoms with van der Waals surface area (Å²) in [4.78, 5) is 14.0. The summed E-state index contributed by atoms with van der Waals surface area (Å²) in [5.41, 5.74) is -0.0511. The average Bonchev–Trinajstić information content (AvgIpc) is 2.66. The second-order valence-electron chi connectivity index (χ2n) is 4.92. The van der Waals surface area contributed by atoms with Gasteiger partial charge in [-0.25, -0.2) is 0 Å². The van der Waals surface area contributed by atoms with Crippen LogP contribution in [0.15, 0.2) is 41.4 Å². The van der Waals surface area contributed by atoms with Crippen molar-refractivity contribution in [1.29, 1.82) is 0 Å². The number of alkyl halides is 1. The molecule has 0 spiro atoms. The predicted octanol–water partition coefficient (Wildman–Crippen LogP) is 2.73. The Bertz CT molecular complexity index is 532. The van der Waals surface area contributed by atoms with Crippen molar-refractivity contribution < 1.29 is 9.90 Å². The SMILES string of the molecule is [B]C1=C(CCCC)C(=O)N(c2ccccc2)C1(O)CBr. The first-order chi connectivity index (χ1) is 9.56. The van der Waals surface area contributed by atoms with Crippen LogP contribution in [0.4, 0.5) is 5.69 Å². The first-order valence-corrected chi connectivity index (χ1v) is 7.85. The van der Waals surface area contributed by atoms with E-state index in [4.69, 9.17) is 7.85 Å². The average molecular weight is 334 g/mol. The first-order valence-electron chi connectivity index (χ1n) is 6.73. The lowest BCUT2D eigenvalue weighted by molar-refractivity contribution is -0.116. The Balaban J connectivity index is 2.43. The first kappa shape index (κ1) is 15.3. The van der Waals surface area contributed by atoms with Crippen LogP contribution in [-0.4, -0.2) is 29.9 Å². The molecule has 1 aromatic carbocycles. The zero-order valence-electron chi connectivity index (χ0n) is 11.5. The van der Waals surface area contributed by atoms with Gasteiger partial charge in [0.15, 0.2) is 5.72 Å². The van der Waals surface area contributed by atoms with E-state index in [2.05, 4.69) is 22.9 Å². The van der Waals surface area contributed by atoms with Gasteiger partial charge in [0.25, 0.3) is 5.91 Å². The lowest BCUT2D eigenvalue weighted by Gasteiger charge is -2.34. The second-order valence-corrected chi connectivity index (χ2v) is 5.48. The Labute approximate surface area is 129 Å². The number of halogens is 1. The maximum absolute atomic E-state index is 12.6. The number of rotatable bonds is 5. The van der Waals surface area contributed by atoms with Crippen molar-refractivity contribution in [2.24, 2.45) is 0 Å². The number of benzene rings is 1. The van der Waals surface area contributed by atoms with E-state index in [1.165, 1.54) is 4.90 Å². The molecule has 2 rings (SSSR count). The number of aliphatic hydroxyl groups is 1. The summed E-state index contributed by atoms with van der Waals surface area (Å²) in [5.74, 6) is -0.205. The molecular formula is C15H17BBrNO2. The van der Waals surface area contributed by atoms with Crippen LogP contribution in [0.1, 0.15) is 26.2 Å². The van der Waals surface area contributed by atoms with Crippen LogP contribution in [0.25, 0.3) is 0 Å². The van der Waals surface area contributed by atoms with Gasteiger partial charge >= 0.3 is 0 Å².